The topological polar surface area (TPSA) is 38.3 Å². The van der Waals surface area contributed by atoms with Crippen LogP contribution in [-0.2, 0) is 4.79 Å². The lowest BCUT2D eigenvalue weighted by Crippen LogP contribution is -2.17. The SMILES string of the molecule is CCOc1ccc2c(c1)S/C(=C/c1ccsc1)C(=O)N2. The Labute approximate surface area is 125 Å². The maximum absolute atomic E-state index is 12.1. The summed E-state index contributed by atoms with van der Waals surface area (Å²) in [6.07, 6.45) is 1.91. The van der Waals surface area contributed by atoms with E-state index >= 15 is 0 Å². The van der Waals surface area contributed by atoms with E-state index in [2.05, 4.69) is 5.32 Å². The standard InChI is InChI=1S/C15H13NO2S2/c1-2-18-11-3-4-12-13(8-11)20-14(15(17)16-12)7-10-5-6-19-9-10/h3-9H,2H2,1H3,(H,16,17)/b14-7+. The van der Waals surface area contributed by atoms with E-state index in [1.165, 1.54) is 11.8 Å². The Bertz CT molecular complexity index is 663. The van der Waals surface area contributed by atoms with Gasteiger partial charge in [-0.25, -0.2) is 0 Å². The predicted octanol–water partition coefficient (Wildman–Crippen LogP) is 4.23. The van der Waals surface area contributed by atoms with Crippen molar-refractivity contribution in [3.05, 3.63) is 45.5 Å². The molecular formula is C15H13NO2S2. The number of nitrogens with one attached hydrogen (secondary N) is 1. The minimum absolute atomic E-state index is 0.0575. The van der Waals surface area contributed by atoms with Crippen LogP contribution < -0.4 is 10.1 Å². The van der Waals surface area contributed by atoms with Crippen molar-refractivity contribution in [2.45, 2.75) is 11.8 Å². The number of thioether (sulfide) groups is 1. The summed E-state index contributed by atoms with van der Waals surface area (Å²) in [4.78, 5) is 13.8. The molecule has 3 nitrogen and oxygen atoms in total. The second kappa shape index (κ2) is 5.73. The number of carbonyl (C=O) groups is 1. The monoisotopic (exact) mass is 303 g/mol. The molecule has 0 spiro atoms. The molecule has 0 aliphatic carbocycles. The van der Waals surface area contributed by atoms with Crippen molar-refractivity contribution >= 4 is 40.8 Å². The molecule has 1 aromatic heterocycles. The maximum Gasteiger partial charge on any atom is 0.262 e. The van der Waals surface area contributed by atoms with Crippen LogP contribution >= 0.6 is 23.1 Å². The number of anilines is 1. The summed E-state index contributed by atoms with van der Waals surface area (Å²) in [5.74, 6) is 0.766. The van der Waals surface area contributed by atoms with E-state index in [9.17, 15) is 4.79 Å². The molecule has 3 rings (SSSR count). The van der Waals surface area contributed by atoms with E-state index < -0.39 is 0 Å². The van der Waals surface area contributed by atoms with E-state index in [1.807, 2.05) is 48.0 Å². The van der Waals surface area contributed by atoms with Gasteiger partial charge in [0.15, 0.2) is 0 Å². The highest BCUT2D eigenvalue weighted by Gasteiger charge is 2.21. The van der Waals surface area contributed by atoms with Crippen molar-refractivity contribution in [1.29, 1.82) is 0 Å². The zero-order valence-electron chi connectivity index (χ0n) is 10.9. The van der Waals surface area contributed by atoms with Gasteiger partial charge in [-0.2, -0.15) is 11.3 Å². The molecule has 0 bridgehead atoms. The summed E-state index contributed by atoms with van der Waals surface area (Å²) in [5, 5.41) is 6.93. The first-order valence-corrected chi connectivity index (χ1v) is 8.02. The van der Waals surface area contributed by atoms with E-state index in [0.29, 0.717) is 11.5 Å². The van der Waals surface area contributed by atoms with Gasteiger partial charge in [0.1, 0.15) is 5.75 Å². The number of hydrogen-bond acceptors (Lipinski definition) is 4. The quantitative estimate of drug-likeness (QED) is 0.862. The molecule has 0 saturated heterocycles. The van der Waals surface area contributed by atoms with Crippen LogP contribution in [0.15, 0.2) is 44.8 Å². The van der Waals surface area contributed by atoms with Crippen molar-refractivity contribution in [2.24, 2.45) is 0 Å². The summed E-state index contributed by atoms with van der Waals surface area (Å²) < 4.78 is 5.50. The largest absolute Gasteiger partial charge is 0.494 e. The molecule has 0 unspecified atom stereocenters. The third-order valence-electron chi connectivity index (χ3n) is 2.80. The molecule has 0 atom stereocenters. The summed E-state index contributed by atoms with van der Waals surface area (Å²) >= 11 is 3.10. The van der Waals surface area contributed by atoms with Crippen LogP contribution in [0.5, 0.6) is 5.75 Å². The van der Waals surface area contributed by atoms with Crippen LogP contribution in [0.4, 0.5) is 5.69 Å². The first-order valence-electron chi connectivity index (χ1n) is 6.26. The number of ether oxygens (including phenoxy) is 1. The van der Waals surface area contributed by atoms with Crippen molar-refractivity contribution in [3.8, 4) is 5.75 Å². The number of hydrogen-bond donors (Lipinski definition) is 1. The van der Waals surface area contributed by atoms with Crippen LogP contribution in [0.2, 0.25) is 0 Å². The fourth-order valence-electron chi connectivity index (χ4n) is 1.90. The minimum Gasteiger partial charge on any atom is -0.494 e. The zero-order chi connectivity index (χ0) is 13.9. The number of benzene rings is 1. The third-order valence-corrected chi connectivity index (χ3v) is 4.58. The van der Waals surface area contributed by atoms with Crippen LogP contribution in [0.3, 0.4) is 0 Å². The fraction of sp³-hybridized carbons (Fsp3) is 0.133. The van der Waals surface area contributed by atoms with Crippen LogP contribution in [0.1, 0.15) is 12.5 Å². The Morgan fingerprint density at radius 3 is 3.00 bits per heavy atom. The molecule has 0 radical (unpaired) electrons. The Kier molecular flexibility index (Phi) is 3.80. The first-order chi connectivity index (χ1) is 9.76. The van der Waals surface area contributed by atoms with Crippen LogP contribution in [-0.4, -0.2) is 12.5 Å². The molecule has 2 aromatic rings. The van der Waals surface area contributed by atoms with Gasteiger partial charge in [0.25, 0.3) is 5.91 Å². The molecule has 5 heteroatoms. The average Bonchev–Trinajstić information content (AvgIpc) is 2.93. The lowest BCUT2D eigenvalue weighted by Gasteiger charge is -2.19. The van der Waals surface area contributed by atoms with Gasteiger partial charge in [-0.05, 0) is 53.6 Å². The Hall–Kier alpha value is -1.72. The van der Waals surface area contributed by atoms with Crippen molar-refractivity contribution in [3.63, 3.8) is 0 Å². The van der Waals surface area contributed by atoms with Gasteiger partial charge in [-0.1, -0.05) is 11.8 Å². The fourth-order valence-corrected chi connectivity index (χ4v) is 3.50. The summed E-state index contributed by atoms with van der Waals surface area (Å²) in [5.41, 5.74) is 1.89. The van der Waals surface area contributed by atoms with E-state index in [1.54, 1.807) is 11.3 Å². The summed E-state index contributed by atoms with van der Waals surface area (Å²) in [7, 11) is 0. The predicted molar refractivity (Wildman–Crippen MR) is 84.4 cm³/mol. The number of rotatable bonds is 3. The zero-order valence-corrected chi connectivity index (χ0v) is 12.5. The second-order valence-electron chi connectivity index (χ2n) is 4.21. The Balaban J connectivity index is 1.92. The number of carbonyl (C=O) groups excluding carboxylic acids is 1. The van der Waals surface area contributed by atoms with Crippen LogP contribution in [0, 0.1) is 0 Å². The highest BCUT2D eigenvalue weighted by atomic mass is 32.2. The first kappa shape index (κ1) is 13.3. The van der Waals surface area contributed by atoms with E-state index in [-0.39, 0.29) is 5.91 Å². The Morgan fingerprint density at radius 2 is 2.25 bits per heavy atom. The highest BCUT2D eigenvalue weighted by molar-refractivity contribution is 8.04. The van der Waals surface area contributed by atoms with Crippen molar-refractivity contribution in [1.82, 2.24) is 0 Å². The van der Waals surface area contributed by atoms with E-state index in [4.69, 9.17) is 4.74 Å². The average molecular weight is 303 g/mol. The summed E-state index contributed by atoms with van der Waals surface area (Å²) in [6, 6.07) is 7.71. The van der Waals surface area contributed by atoms with Gasteiger partial charge in [0, 0.05) is 4.90 Å². The molecule has 0 fully saturated rings. The van der Waals surface area contributed by atoms with Gasteiger partial charge in [-0.15, -0.1) is 0 Å². The smallest absolute Gasteiger partial charge is 0.262 e. The lowest BCUT2D eigenvalue weighted by molar-refractivity contribution is -0.112. The molecular weight excluding hydrogens is 290 g/mol. The number of thiophene rings is 1. The lowest BCUT2D eigenvalue weighted by atomic mass is 10.2. The minimum atomic E-state index is -0.0575. The summed E-state index contributed by atoms with van der Waals surface area (Å²) in [6.45, 7) is 2.59. The second-order valence-corrected chi connectivity index (χ2v) is 6.08. The van der Waals surface area contributed by atoms with Gasteiger partial charge in [0.05, 0.1) is 17.2 Å². The molecule has 20 heavy (non-hydrogen) atoms. The van der Waals surface area contributed by atoms with Gasteiger partial charge < -0.3 is 10.1 Å². The number of amides is 1. The number of fused-ring (bicyclic) bond motifs is 1. The molecule has 102 valence electrons. The van der Waals surface area contributed by atoms with Gasteiger partial charge in [-0.3, -0.25) is 4.79 Å². The van der Waals surface area contributed by atoms with E-state index in [0.717, 1.165) is 21.9 Å². The van der Waals surface area contributed by atoms with Gasteiger partial charge in [0.2, 0.25) is 0 Å². The van der Waals surface area contributed by atoms with Crippen LogP contribution in [0.25, 0.3) is 6.08 Å². The highest BCUT2D eigenvalue weighted by Crippen LogP contribution is 2.40. The normalized spacial score (nSPS) is 15.8. The Morgan fingerprint density at radius 1 is 1.35 bits per heavy atom. The molecule has 1 amide bonds. The molecule has 1 aromatic carbocycles. The molecule has 0 saturated carbocycles. The molecule has 1 aliphatic heterocycles. The maximum atomic E-state index is 12.1. The molecule has 1 N–H and O–H groups in total. The van der Waals surface area contributed by atoms with Crippen molar-refractivity contribution in [2.75, 3.05) is 11.9 Å². The molecule has 1 aliphatic rings. The third kappa shape index (κ3) is 2.73. The van der Waals surface area contributed by atoms with Gasteiger partial charge >= 0.3 is 0 Å². The molecule has 2 heterocycles. The van der Waals surface area contributed by atoms with Crippen molar-refractivity contribution < 1.29 is 9.53 Å².